The molecule has 1 aliphatic rings. The van der Waals surface area contributed by atoms with Gasteiger partial charge in [-0.25, -0.2) is 9.78 Å². The van der Waals surface area contributed by atoms with Crippen LogP contribution < -0.4 is 5.32 Å². The standard InChI is InChI=1S/C13H20N4O3/c18-12(19)9-10-3-1-2-8-17(10)13(20)16-5-4-11-14-6-7-15-11/h6-7,10H,1-5,8-9H2,(H,14,15)(H,16,20)(H,18,19). The predicted molar refractivity (Wildman–Crippen MR) is 72.3 cm³/mol. The van der Waals surface area contributed by atoms with Gasteiger partial charge in [-0.15, -0.1) is 0 Å². The molecule has 0 aromatic carbocycles. The molecule has 1 aromatic heterocycles. The van der Waals surface area contributed by atoms with Crippen molar-refractivity contribution in [2.24, 2.45) is 0 Å². The number of hydrogen-bond acceptors (Lipinski definition) is 3. The molecule has 0 radical (unpaired) electrons. The zero-order valence-corrected chi connectivity index (χ0v) is 11.3. The highest BCUT2D eigenvalue weighted by molar-refractivity contribution is 5.76. The van der Waals surface area contributed by atoms with E-state index in [1.165, 1.54) is 0 Å². The maximum Gasteiger partial charge on any atom is 0.317 e. The van der Waals surface area contributed by atoms with E-state index in [1.54, 1.807) is 17.3 Å². The number of carboxylic acids is 1. The zero-order valence-electron chi connectivity index (χ0n) is 11.3. The van der Waals surface area contributed by atoms with Crippen molar-refractivity contribution in [1.29, 1.82) is 0 Å². The molecule has 2 rings (SSSR count). The molecule has 7 heteroatoms. The second kappa shape index (κ2) is 6.93. The minimum atomic E-state index is -0.856. The van der Waals surface area contributed by atoms with Gasteiger partial charge in [0, 0.05) is 37.9 Å². The summed E-state index contributed by atoms with van der Waals surface area (Å²) in [5.74, 6) is -0.0312. The smallest absolute Gasteiger partial charge is 0.317 e. The van der Waals surface area contributed by atoms with Crippen molar-refractivity contribution in [2.45, 2.75) is 38.1 Å². The van der Waals surface area contributed by atoms with Gasteiger partial charge in [-0.05, 0) is 19.3 Å². The van der Waals surface area contributed by atoms with Gasteiger partial charge in [-0.1, -0.05) is 0 Å². The van der Waals surface area contributed by atoms with Gasteiger partial charge in [-0.2, -0.15) is 0 Å². The van der Waals surface area contributed by atoms with Crippen LogP contribution in [-0.2, 0) is 11.2 Å². The van der Waals surface area contributed by atoms with E-state index in [9.17, 15) is 9.59 Å². The third kappa shape index (κ3) is 3.97. The quantitative estimate of drug-likeness (QED) is 0.749. The first-order chi connectivity index (χ1) is 9.66. The van der Waals surface area contributed by atoms with E-state index >= 15 is 0 Å². The molecular weight excluding hydrogens is 260 g/mol. The lowest BCUT2D eigenvalue weighted by Gasteiger charge is -2.34. The number of likely N-dealkylation sites (tertiary alicyclic amines) is 1. The summed E-state index contributed by atoms with van der Waals surface area (Å²) in [6.07, 6.45) is 6.74. The molecular formula is C13H20N4O3. The van der Waals surface area contributed by atoms with Crippen molar-refractivity contribution in [3.05, 3.63) is 18.2 Å². The lowest BCUT2D eigenvalue weighted by atomic mass is 10.00. The third-order valence-corrected chi connectivity index (χ3v) is 3.49. The van der Waals surface area contributed by atoms with Crippen molar-refractivity contribution in [1.82, 2.24) is 20.2 Å². The Bertz CT molecular complexity index is 446. The minimum absolute atomic E-state index is 0.0194. The van der Waals surface area contributed by atoms with Gasteiger partial charge in [0.15, 0.2) is 0 Å². The Hall–Kier alpha value is -2.05. The monoisotopic (exact) mass is 280 g/mol. The number of urea groups is 1. The zero-order chi connectivity index (χ0) is 14.4. The summed E-state index contributed by atoms with van der Waals surface area (Å²) in [7, 11) is 0. The Morgan fingerprint density at radius 2 is 2.35 bits per heavy atom. The van der Waals surface area contributed by atoms with Gasteiger partial charge in [0.25, 0.3) is 0 Å². The van der Waals surface area contributed by atoms with Crippen LogP contribution in [0.3, 0.4) is 0 Å². The highest BCUT2D eigenvalue weighted by atomic mass is 16.4. The maximum absolute atomic E-state index is 12.1. The van der Waals surface area contributed by atoms with Gasteiger partial charge >= 0.3 is 12.0 Å². The summed E-state index contributed by atoms with van der Waals surface area (Å²) in [4.78, 5) is 31.6. The number of hydrogen-bond donors (Lipinski definition) is 3. The molecule has 1 unspecified atom stereocenters. The molecule has 0 bridgehead atoms. The van der Waals surface area contributed by atoms with Crippen LogP contribution in [0.4, 0.5) is 4.79 Å². The summed E-state index contributed by atoms with van der Waals surface area (Å²) in [6, 6.07) is -0.368. The number of H-pyrrole nitrogens is 1. The lowest BCUT2D eigenvalue weighted by molar-refractivity contribution is -0.138. The molecule has 110 valence electrons. The molecule has 1 atom stereocenters. The number of amides is 2. The van der Waals surface area contributed by atoms with Crippen LogP contribution in [0.5, 0.6) is 0 Å². The van der Waals surface area contributed by atoms with Crippen LogP contribution in [0.2, 0.25) is 0 Å². The fourth-order valence-corrected chi connectivity index (χ4v) is 2.51. The molecule has 2 amide bonds. The third-order valence-electron chi connectivity index (χ3n) is 3.49. The molecule has 0 spiro atoms. The van der Waals surface area contributed by atoms with Crippen molar-refractivity contribution < 1.29 is 14.7 Å². The Morgan fingerprint density at radius 1 is 1.50 bits per heavy atom. The van der Waals surface area contributed by atoms with Crippen molar-refractivity contribution in [2.75, 3.05) is 13.1 Å². The number of nitrogens with one attached hydrogen (secondary N) is 2. The number of aromatic amines is 1. The fraction of sp³-hybridized carbons (Fsp3) is 0.615. The lowest BCUT2D eigenvalue weighted by Crippen LogP contribution is -2.49. The van der Waals surface area contributed by atoms with Gasteiger partial charge in [-0.3, -0.25) is 4.79 Å². The van der Waals surface area contributed by atoms with Crippen molar-refractivity contribution >= 4 is 12.0 Å². The number of aromatic nitrogens is 2. The van der Waals surface area contributed by atoms with E-state index in [2.05, 4.69) is 15.3 Å². The highest BCUT2D eigenvalue weighted by Gasteiger charge is 2.28. The molecule has 1 aromatic rings. The van der Waals surface area contributed by atoms with E-state index in [0.29, 0.717) is 19.5 Å². The first kappa shape index (κ1) is 14.4. The first-order valence-electron chi connectivity index (χ1n) is 6.91. The number of aliphatic carboxylic acids is 1. The maximum atomic E-state index is 12.1. The normalized spacial score (nSPS) is 18.8. The Balaban J connectivity index is 1.81. The summed E-state index contributed by atoms with van der Waals surface area (Å²) >= 11 is 0. The first-order valence-corrected chi connectivity index (χ1v) is 6.91. The van der Waals surface area contributed by atoms with Crippen LogP contribution in [0.1, 0.15) is 31.5 Å². The summed E-state index contributed by atoms with van der Waals surface area (Å²) in [6.45, 7) is 1.12. The molecule has 1 saturated heterocycles. The number of carbonyl (C=O) groups is 2. The van der Waals surface area contributed by atoms with E-state index in [-0.39, 0.29) is 18.5 Å². The van der Waals surface area contributed by atoms with Crippen LogP contribution in [0, 0.1) is 0 Å². The van der Waals surface area contributed by atoms with E-state index in [0.717, 1.165) is 25.1 Å². The fourth-order valence-electron chi connectivity index (χ4n) is 2.51. The molecule has 1 fully saturated rings. The molecule has 1 aliphatic heterocycles. The second-order valence-electron chi connectivity index (χ2n) is 4.96. The number of carboxylic acid groups (broad SMARTS) is 1. The minimum Gasteiger partial charge on any atom is -0.481 e. The average Bonchev–Trinajstić information content (AvgIpc) is 2.91. The molecule has 2 heterocycles. The van der Waals surface area contributed by atoms with E-state index in [4.69, 9.17) is 5.11 Å². The number of nitrogens with zero attached hydrogens (tertiary/aromatic N) is 2. The van der Waals surface area contributed by atoms with E-state index in [1.807, 2.05) is 0 Å². The number of rotatable bonds is 5. The molecule has 3 N–H and O–H groups in total. The highest BCUT2D eigenvalue weighted by Crippen LogP contribution is 2.19. The average molecular weight is 280 g/mol. The predicted octanol–water partition coefficient (Wildman–Crippen LogP) is 0.991. The van der Waals surface area contributed by atoms with E-state index < -0.39 is 5.97 Å². The Labute approximate surface area is 117 Å². The Kier molecular flexibility index (Phi) is 4.97. The SMILES string of the molecule is O=C(O)CC1CCCCN1C(=O)NCCc1ncc[nH]1. The van der Waals surface area contributed by atoms with Gasteiger partial charge < -0.3 is 20.3 Å². The largest absolute Gasteiger partial charge is 0.481 e. The van der Waals surface area contributed by atoms with Crippen LogP contribution in [0.25, 0.3) is 0 Å². The number of piperidine rings is 1. The van der Waals surface area contributed by atoms with Crippen molar-refractivity contribution in [3.63, 3.8) is 0 Å². The van der Waals surface area contributed by atoms with Crippen molar-refractivity contribution in [3.8, 4) is 0 Å². The summed E-state index contributed by atoms with van der Waals surface area (Å²) < 4.78 is 0. The van der Waals surface area contributed by atoms with Crippen LogP contribution in [0.15, 0.2) is 12.4 Å². The number of carbonyl (C=O) groups excluding carboxylic acids is 1. The molecule has 0 aliphatic carbocycles. The van der Waals surface area contributed by atoms with Gasteiger partial charge in [0.1, 0.15) is 5.82 Å². The molecule has 0 saturated carbocycles. The Morgan fingerprint density at radius 3 is 3.05 bits per heavy atom. The summed E-state index contributed by atoms with van der Waals surface area (Å²) in [5, 5.41) is 11.7. The van der Waals surface area contributed by atoms with Gasteiger partial charge in [0.2, 0.25) is 0 Å². The molecule has 7 nitrogen and oxygen atoms in total. The van der Waals surface area contributed by atoms with Crippen LogP contribution >= 0.6 is 0 Å². The van der Waals surface area contributed by atoms with Crippen LogP contribution in [-0.4, -0.2) is 51.1 Å². The number of imidazole rings is 1. The topological polar surface area (TPSA) is 98.3 Å². The van der Waals surface area contributed by atoms with Gasteiger partial charge in [0.05, 0.1) is 6.42 Å². The summed E-state index contributed by atoms with van der Waals surface area (Å²) in [5.41, 5.74) is 0. The molecule has 20 heavy (non-hydrogen) atoms. The second-order valence-corrected chi connectivity index (χ2v) is 4.96.